The zero-order valence-corrected chi connectivity index (χ0v) is 28.6. The maximum Gasteiger partial charge on any atom is 0.0736 e. The lowest BCUT2D eigenvalue weighted by molar-refractivity contribution is 0.724. The molecule has 2 heterocycles. The van der Waals surface area contributed by atoms with Crippen molar-refractivity contribution in [2.24, 2.45) is 0 Å². The largest absolute Gasteiger partial charge is 0.308 e. The van der Waals surface area contributed by atoms with Gasteiger partial charge in [-0.2, -0.15) is 0 Å². The Labute approximate surface area is 301 Å². The van der Waals surface area contributed by atoms with Gasteiger partial charge in [-0.1, -0.05) is 169 Å². The minimum Gasteiger partial charge on any atom is -0.308 e. The number of rotatable bonds is 3. The molecule has 1 spiro atoms. The van der Waals surface area contributed by atoms with Crippen LogP contribution in [0.25, 0.3) is 60.9 Å². The van der Waals surface area contributed by atoms with Crippen molar-refractivity contribution in [1.82, 2.24) is 4.57 Å². The van der Waals surface area contributed by atoms with Crippen LogP contribution in [0.1, 0.15) is 22.3 Å². The molecule has 1 aliphatic carbocycles. The molecule has 2 aliphatic rings. The Morgan fingerprint density at radius 2 is 0.941 bits per heavy atom. The average Bonchev–Trinajstić information content (AvgIpc) is 3.70. The minimum atomic E-state index is -0.430. The molecule has 0 amide bonds. The number of para-hydroxylation sites is 1. The summed E-state index contributed by atoms with van der Waals surface area (Å²) in [5.74, 6) is 0. The monoisotopic (exact) mass is 665 g/mol. The van der Waals surface area contributed by atoms with Gasteiger partial charge in [-0.3, -0.25) is 0 Å². The van der Waals surface area contributed by atoms with E-state index in [1.54, 1.807) is 0 Å². The second kappa shape index (κ2) is 11.0. The smallest absolute Gasteiger partial charge is 0.0736 e. The lowest BCUT2D eigenvalue weighted by Crippen LogP contribution is -2.32. The topological polar surface area (TPSA) is 4.93 Å². The summed E-state index contributed by atoms with van der Waals surface area (Å²) >= 11 is 1.93. The van der Waals surface area contributed by atoms with Crippen LogP contribution >= 0.6 is 11.8 Å². The Balaban J connectivity index is 1.29. The summed E-state index contributed by atoms with van der Waals surface area (Å²) in [5, 5.41) is 2.54. The van der Waals surface area contributed by atoms with E-state index in [0.29, 0.717) is 0 Å². The maximum atomic E-state index is 2.55. The van der Waals surface area contributed by atoms with Crippen LogP contribution in [-0.4, -0.2) is 4.57 Å². The highest BCUT2D eigenvalue weighted by atomic mass is 32.2. The first-order valence-corrected chi connectivity index (χ1v) is 18.4. The van der Waals surface area contributed by atoms with Gasteiger partial charge in [-0.05, 0) is 86.0 Å². The molecule has 0 radical (unpaired) electrons. The number of hydrogen-bond donors (Lipinski definition) is 0. The molecular weight excluding hydrogens is 635 g/mol. The molecule has 0 N–H and O–H groups in total. The van der Waals surface area contributed by atoms with Crippen molar-refractivity contribution >= 4 is 33.6 Å². The first kappa shape index (κ1) is 28.7. The summed E-state index contributed by atoms with van der Waals surface area (Å²) < 4.78 is 2.55. The van der Waals surface area contributed by atoms with Gasteiger partial charge in [0.25, 0.3) is 0 Å². The molecule has 0 unspecified atom stereocenters. The molecule has 11 rings (SSSR count). The molecule has 2 heteroatoms. The lowest BCUT2D eigenvalue weighted by atomic mass is 9.67. The first-order chi connectivity index (χ1) is 25.3. The fourth-order valence-electron chi connectivity index (χ4n) is 8.96. The Kier molecular flexibility index (Phi) is 6.17. The van der Waals surface area contributed by atoms with Crippen molar-refractivity contribution < 1.29 is 0 Å². The number of fused-ring (bicyclic) bond motifs is 13. The Morgan fingerprint density at radius 1 is 0.392 bits per heavy atom. The Bertz CT molecular complexity index is 2720. The van der Waals surface area contributed by atoms with Crippen molar-refractivity contribution in [2.45, 2.75) is 15.2 Å². The molecule has 238 valence electrons. The van der Waals surface area contributed by atoms with Crippen LogP contribution in [0, 0.1) is 0 Å². The van der Waals surface area contributed by atoms with Crippen molar-refractivity contribution in [3.05, 3.63) is 210 Å². The van der Waals surface area contributed by atoms with Crippen LogP contribution in [0.2, 0.25) is 0 Å². The number of hydrogen-bond acceptors (Lipinski definition) is 1. The van der Waals surface area contributed by atoms with E-state index in [4.69, 9.17) is 0 Å². The number of benzene rings is 8. The third kappa shape index (κ3) is 4.00. The van der Waals surface area contributed by atoms with Crippen LogP contribution in [0.15, 0.2) is 198 Å². The normalized spacial score (nSPS) is 13.6. The van der Waals surface area contributed by atoms with Gasteiger partial charge in [0.15, 0.2) is 0 Å². The van der Waals surface area contributed by atoms with Gasteiger partial charge >= 0.3 is 0 Å². The van der Waals surface area contributed by atoms with Gasteiger partial charge in [0.1, 0.15) is 0 Å². The minimum absolute atomic E-state index is 0.430. The fraction of sp³-hybridized carbons (Fsp3) is 0.0204. The maximum absolute atomic E-state index is 2.55. The Morgan fingerprint density at radius 3 is 1.61 bits per heavy atom. The highest BCUT2D eigenvalue weighted by Crippen LogP contribution is 2.63. The third-order valence-electron chi connectivity index (χ3n) is 11.0. The summed E-state index contributed by atoms with van der Waals surface area (Å²) in [7, 11) is 0. The third-order valence-corrected chi connectivity index (χ3v) is 12.2. The van der Waals surface area contributed by atoms with Gasteiger partial charge in [0.2, 0.25) is 0 Å². The molecule has 8 aromatic carbocycles. The van der Waals surface area contributed by atoms with Crippen molar-refractivity contribution in [2.75, 3.05) is 0 Å². The predicted molar refractivity (Wildman–Crippen MR) is 213 cm³/mol. The number of aromatic nitrogens is 1. The standard InChI is InChI=1S/C49H31NS/c1-3-15-32(16-4-1)34-29-35(33-17-5-2-6-18-33)31-36(30-34)50-45-25-13-9-21-39(45)40-27-28-44-48(47(40)50)51-46-26-14-12-24-43(46)49(44)41-22-10-7-19-37(41)38-20-8-11-23-42(38)49/h1-31H. The summed E-state index contributed by atoms with van der Waals surface area (Å²) in [5.41, 5.74) is 16.1. The SMILES string of the molecule is c1ccc(-c2cc(-c3ccccc3)cc(-n3c4ccccc4c4ccc5c(c43)Sc3ccccc3C53c4ccccc4-c4ccccc43)c2)cc1. The first-order valence-electron chi connectivity index (χ1n) is 17.6. The van der Waals surface area contributed by atoms with E-state index in [-0.39, 0.29) is 0 Å². The molecule has 51 heavy (non-hydrogen) atoms. The zero-order valence-electron chi connectivity index (χ0n) is 27.8. The van der Waals surface area contributed by atoms with E-state index in [1.165, 1.54) is 87.2 Å². The summed E-state index contributed by atoms with van der Waals surface area (Å²) in [6, 6.07) is 69.7. The lowest BCUT2D eigenvalue weighted by Gasteiger charge is -2.40. The molecular formula is C49H31NS. The average molecular weight is 666 g/mol. The van der Waals surface area contributed by atoms with Gasteiger partial charge in [0, 0.05) is 26.3 Å². The van der Waals surface area contributed by atoms with E-state index in [0.717, 1.165) is 5.69 Å². The summed E-state index contributed by atoms with van der Waals surface area (Å²) in [6.07, 6.45) is 0. The molecule has 1 aliphatic heterocycles. The van der Waals surface area contributed by atoms with E-state index >= 15 is 0 Å². The van der Waals surface area contributed by atoms with Gasteiger partial charge in [0.05, 0.1) is 16.4 Å². The van der Waals surface area contributed by atoms with Crippen LogP contribution in [0.5, 0.6) is 0 Å². The predicted octanol–water partition coefficient (Wildman–Crippen LogP) is 12.9. The molecule has 0 atom stereocenters. The van der Waals surface area contributed by atoms with E-state index in [2.05, 4.69) is 193 Å². The molecule has 0 bridgehead atoms. The van der Waals surface area contributed by atoms with Gasteiger partial charge in [-0.25, -0.2) is 0 Å². The van der Waals surface area contributed by atoms with E-state index in [9.17, 15) is 0 Å². The van der Waals surface area contributed by atoms with Crippen LogP contribution in [0.3, 0.4) is 0 Å². The van der Waals surface area contributed by atoms with E-state index in [1.807, 2.05) is 11.8 Å². The molecule has 0 saturated carbocycles. The van der Waals surface area contributed by atoms with Crippen LogP contribution in [0.4, 0.5) is 0 Å². The highest BCUT2D eigenvalue weighted by Gasteiger charge is 2.50. The highest BCUT2D eigenvalue weighted by molar-refractivity contribution is 7.99. The van der Waals surface area contributed by atoms with Crippen molar-refractivity contribution in [3.8, 4) is 39.1 Å². The summed E-state index contributed by atoms with van der Waals surface area (Å²) in [4.78, 5) is 2.63. The second-order valence-corrected chi connectivity index (χ2v) is 14.7. The second-order valence-electron chi connectivity index (χ2n) is 13.6. The molecule has 9 aromatic rings. The quantitative estimate of drug-likeness (QED) is 0.182. The molecule has 0 fully saturated rings. The van der Waals surface area contributed by atoms with Gasteiger partial charge in [-0.15, -0.1) is 0 Å². The number of nitrogens with zero attached hydrogens (tertiary/aromatic N) is 1. The van der Waals surface area contributed by atoms with Crippen LogP contribution in [-0.2, 0) is 5.41 Å². The molecule has 0 saturated heterocycles. The zero-order chi connectivity index (χ0) is 33.5. The van der Waals surface area contributed by atoms with Gasteiger partial charge < -0.3 is 4.57 Å². The van der Waals surface area contributed by atoms with Crippen molar-refractivity contribution in [1.29, 1.82) is 0 Å². The Hall–Kier alpha value is -6.09. The fourth-order valence-corrected chi connectivity index (χ4v) is 10.3. The molecule has 1 nitrogen and oxygen atoms in total. The van der Waals surface area contributed by atoms with Crippen molar-refractivity contribution in [3.63, 3.8) is 0 Å². The van der Waals surface area contributed by atoms with E-state index < -0.39 is 5.41 Å². The van der Waals surface area contributed by atoms with Crippen LogP contribution < -0.4 is 0 Å². The summed E-state index contributed by atoms with van der Waals surface area (Å²) in [6.45, 7) is 0. The molecule has 1 aromatic heterocycles.